The molecule has 0 bridgehead atoms. The first kappa shape index (κ1) is 17.0. The van der Waals surface area contributed by atoms with Crippen molar-refractivity contribution in [2.24, 2.45) is 0 Å². The standard InChI is InChI=1S/C16H15FN4O3S/c1-8-4-5-11(21-25(3,23)24)13(17)12(8)15(22)10-7-19-16-14(10)20-9(2)6-18-16/h4-7,21H,1-3H3,(H,18,19). The minimum Gasteiger partial charge on any atom is -0.344 e. The lowest BCUT2D eigenvalue weighted by molar-refractivity contribution is 0.103. The number of aromatic nitrogens is 3. The van der Waals surface area contributed by atoms with E-state index in [1.807, 2.05) is 0 Å². The Bertz CT molecular complexity index is 1110. The van der Waals surface area contributed by atoms with Gasteiger partial charge in [-0.1, -0.05) is 6.07 Å². The van der Waals surface area contributed by atoms with Crippen LogP contribution in [0.15, 0.2) is 24.5 Å². The molecule has 0 saturated heterocycles. The number of hydrogen-bond acceptors (Lipinski definition) is 5. The van der Waals surface area contributed by atoms with Crippen molar-refractivity contribution >= 4 is 32.7 Å². The van der Waals surface area contributed by atoms with E-state index in [-0.39, 0.29) is 16.8 Å². The molecule has 25 heavy (non-hydrogen) atoms. The van der Waals surface area contributed by atoms with Gasteiger partial charge >= 0.3 is 0 Å². The van der Waals surface area contributed by atoms with Crippen LogP contribution < -0.4 is 4.72 Å². The minimum absolute atomic E-state index is 0.171. The number of carbonyl (C=O) groups excluding carboxylic acids is 1. The number of ketones is 1. The van der Waals surface area contributed by atoms with Crippen molar-refractivity contribution in [3.63, 3.8) is 0 Å². The number of aromatic amines is 1. The van der Waals surface area contributed by atoms with Crippen LogP contribution in [0.3, 0.4) is 0 Å². The molecule has 0 saturated carbocycles. The molecule has 0 unspecified atom stereocenters. The maximum Gasteiger partial charge on any atom is 0.229 e. The van der Waals surface area contributed by atoms with Gasteiger partial charge in [-0.2, -0.15) is 0 Å². The molecule has 130 valence electrons. The van der Waals surface area contributed by atoms with E-state index in [0.29, 0.717) is 22.4 Å². The summed E-state index contributed by atoms with van der Waals surface area (Å²) in [5.41, 5.74) is 1.44. The second-order valence-corrected chi connectivity index (χ2v) is 7.48. The highest BCUT2D eigenvalue weighted by atomic mass is 32.2. The number of benzene rings is 1. The second kappa shape index (κ2) is 5.92. The van der Waals surface area contributed by atoms with Crippen LogP contribution in [0.2, 0.25) is 0 Å². The summed E-state index contributed by atoms with van der Waals surface area (Å²) in [6.07, 6.45) is 3.88. The predicted octanol–water partition coefficient (Wildman–Crippen LogP) is 2.32. The fraction of sp³-hybridized carbons (Fsp3) is 0.188. The number of hydrogen-bond donors (Lipinski definition) is 2. The van der Waals surface area contributed by atoms with Crippen LogP contribution in [0.25, 0.3) is 11.2 Å². The van der Waals surface area contributed by atoms with Crippen LogP contribution in [0.5, 0.6) is 0 Å². The molecule has 2 N–H and O–H groups in total. The number of sulfonamides is 1. The molecule has 0 fully saturated rings. The molecule has 0 aliphatic carbocycles. The highest BCUT2D eigenvalue weighted by molar-refractivity contribution is 7.92. The number of nitrogens with zero attached hydrogens (tertiary/aromatic N) is 2. The van der Waals surface area contributed by atoms with Gasteiger partial charge in [0.2, 0.25) is 10.0 Å². The van der Waals surface area contributed by atoms with E-state index in [2.05, 4.69) is 19.7 Å². The van der Waals surface area contributed by atoms with Gasteiger partial charge in [0, 0.05) is 6.20 Å². The Morgan fingerprint density at radius 2 is 2.00 bits per heavy atom. The molecule has 7 nitrogen and oxygen atoms in total. The molecular formula is C16H15FN4O3S. The summed E-state index contributed by atoms with van der Waals surface area (Å²) in [7, 11) is -3.68. The number of aryl methyl sites for hydroxylation is 2. The molecule has 0 aliphatic rings. The smallest absolute Gasteiger partial charge is 0.229 e. The molecule has 0 radical (unpaired) electrons. The highest BCUT2D eigenvalue weighted by Crippen LogP contribution is 2.27. The van der Waals surface area contributed by atoms with Crippen molar-refractivity contribution < 1.29 is 17.6 Å². The molecule has 2 aromatic heterocycles. The maximum atomic E-state index is 14.8. The van der Waals surface area contributed by atoms with E-state index >= 15 is 0 Å². The van der Waals surface area contributed by atoms with E-state index in [4.69, 9.17) is 0 Å². The average molecular weight is 362 g/mol. The number of H-pyrrole nitrogens is 1. The molecule has 0 amide bonds. The number of rotatable bonds is 4. The van der Waals surface area contributed by atoms with Crippen LogP contribution in [-0.4, -0.2) is 35.4 Å². The number of fused-ring (bicyclic) bond motifs is 1. The molecule has 0 spiro atoms. The third-order valence-corrected chi connectivity index (χ3v) is 4.21. The van der Waals surface area contributed by atoms with Gasteiger partial charge in [-0.25, -0.2) is 22.8 Å². The molecule has 3 rings (SSSR count). The first-order chi connectivity index (χ1) is 11.7. The van der Waals surface area contributed by atoms with Crippen LogP contribution in [0.4, 0.5) is 10.1 Å². The van der Waals surface area contributed by atoms with E-state index in [0.717, 1.165) is 6.26 Å². The second-order valence-electron chi connectivity index (χ2n) is 5.73. The average Bonchev–Trinajstić information content (AvgIpc) is 2.92. The third kappa shape index (κ3) is 3.22. The van der Waals surface area contributed by atoms with Crippen LogP contribution in [0.1, 0.15) is 27.2 Å². The number of anilines is 1. The Kier molecular flexibility index (Phi) is 4.03. The first-order valence-electron chi connectivity index (χ1n) is 7.29. The van der Waals surface area contributed by atoms with E-state index in [1.54, 1.807) is 20.0 Å². The van der Waals surface area contributed by atoms with Gasteiger partial charge in [0.25, 0.3) is 0 Å². The Morgan fingerprint density at radius 1 is 1.28 bits per heavy atom. The highest BCUT2D eigenvalue weighted by Gasteiger charge is 2.24. The zero-order chi connectivity index (χ0) is 18.4. The van der Waals surface area contributed by atoms with Crippen molar-refractivity contribution in [1.82, 2.24) is 15.0 Å². The third-order valence-electron chi connectivity index (χ3n) is 3.62. The van der Waals surface area contributed by atoms with E-state index in [1.165, 1.54) is 18.3 Å². The molecule has 2 heterocycles. The van der Waals surface area contributed by atoms with Crippen LogP contribution in [0, 0.1) is 19.7 Å². The van der Waals surface area contributed by atoms with Crippen LogP contribution in [-0.2, 0) is 10.0 Å². The molecule has 3 aromatic rings. The summed E-state index contributed by atoms with van der Waals surface area (Å²) in [6, 6.07) is 2.76. The minimum atomic E-state index is -3.68. The monoisotopic (exact) mass is 362 g/mol. The molecule has 9 heteroatoms. The SMILES string of the molecule is Cc1cnc2[nH]cc(C(=O)c3c(C)ccc(NS(C)(=O)=O)c3F)c2n1. The maximum absolute atomic E-state index is 14.8. The van der Waals surface area contributed by atoms with E-state index < -0.39 is 21.6 Å². The summed E-state index contributed by atoms with van der Waals surface area (Å²) in [5.74, 6) is -1.52. The van der Waals surface area contributed by atoms with Crippen molar-refractivity contribution in [3.05, 3.63) is 52.7 Å². The number of carbonyl (C=O) groups is 1. The predicted molar refractivity (Wildman–Crippen MR) is 91.7 cm³/mol. The Labute approximate surface area is 143 Å². The lowest BCUT2D eigenvalue weighted by Crippen LogP contribution is -2.14. The van der Waals surface area contributed by atoms with E-state index in [9.17, 15) is 17.6 Å². The Hall–Kier alpha value is -2.81. The zero-order valence-electron chi connectivity index (χ0n) is 13.7. The van der Waals surface area contributed by atoms with Crippen LogP contribution >= 0.6 is 0 Å². The lowest BCUT2D eigenvalue weighted by atomic mass is 9.99. The van der Waals surface area contributed by atoms with Gasteiger partial charge < -0.3 is 4.98 Å². The van der Waals surface area contributed by atoms with Gasteiger partial charge in [0.1, 0.15) is 5.52 Å². The number of nitrogens with one attached hydrogen (secondary N) is 2. The molecule has 0 atom stereocenters. The summed E-state index contributed by atoms with van der Waals surface area (Å²) < 4.78 is 39.6. The van der Waals surface area contributed by atoms with Crippen molar-refractivity contribution in [1.29, 1.82) is 0 Å². The molecule has 0 aliphatic heterocycles. The fourth-order valence-electron chi connectivity index (χ4n) is 2.52. The van der Waals surface area contributed by atoms with Gasteiger partial charge in [0.15, 0.2) is 17.2 Å². The summed E-state index contributed by atoms with van der Waals surface area (Å²) in [4.78, 5) is 24.1. The van der Waals surface area contributed by atoms with Gasteiger partial charge in [-0.15, -0.1) is 0 Å². The summed E-state index contributed by atoms with van der Waals surface area (Å²) in [5, 5.41) is 0. The lowest BCUT2D eigenvalue weighted by Gasteiger charge is -2.11. The fourth-order valence-corrected chi connectivity index (χ4v) is 3.07. The van der Waals surface area contributed by atoms with Gasteiger partial charge in [0.05, 0.1) is 35.0 Å². The van der Waals surface area contributed by atoms with Gasteiger partial charge in [-0.05, 0) is 25.5 Å². The quantitative estimate of drug-likeness (QED) is 0.693. The number of halogens is 1. The topological polar surface area (TPSA) is 105 Å². The van der Waals surface area contributed by atoms with Crippen molar-refractivity contribution in [2.75, 3.05) is 11.0 Å². The van der Waals surface area contributed by atoms with Crippen molar-refractivity contribution in [3.8, 4) is 0 Å². The zero-order valence-corrected chi connectivity index (χ0v) is 14.5. The largest absolute Gasteiger partial charge is 0.344 e. The Morgan fingerprint density at radius 3 is 2.68 bits per heavy atom. The first-order valence-corrected chi connectivity index (χ1v) is 9.19. The summed E-state index contributed by atoms with van der Waals surface area (Å²) in [6.45, 7) is 3.31. The molecular weight excluding hydrogens is 347 g/mol. The summed E-state index contributed by atoms with van der Waals surface area (Å²) >= 11 is 0. The van der Waals surface area contributed by atoms with Gasteiger partial charge in [-0.3, -0.25) is 9.52 Å². The Balaban J connectivity index is 2.16. The molecule has 1 aromatic carbocycles. The van der Waals surface area contributed by atoms with Crippen molar-refractivity contribution in [2.45, 2.75) is 13.8 Å². The normalized spacial score (nSPS) is 11.7.